The van der Waals surface area contributed by atoms with Crippen molar-refractivity contribution in [2.45, 2.75) is 57.2 Å². The van der Waals surface area contributed by atoms with Gasteiger partial charge in [0.05, 0.1) is 0 Å². The molecule has 7 nitrogen and oxygen atoms in total. The molecule has 3 amide bonds. The van der Waals surface area contributed by atoms with Crippen molar-refractivity contribution in [3.63, 3.8) is 0 Å². The maximum absolute atomic E-state index is 14.4. The zero-order valence-electron chi connectivity index (χ0n) is 27.7. The number of amides is 3. The average molecular weight is 637 g/mol. The summed E-state index contributed by atoms with van der Waals surface area (Å²) in [5, 5.41) is 5.08. The second-order valence-corrected chi connectivity index (χ2v) is 12.8. The van der Waals surface area contributed by atoms with E-state index in [1.54, 1.807) is 32.3 Å². The number of benzene rings is 4. The van der Waals surface area contributed by atoms with E-state index in [0.717, 1.165) is 21.9 Å². The van der Waals surface area contributed by atoms with E-state index < -0.39 is 17.6 Å². The fourth-order valence-corrected chi connectivity index (χ4v) is 5.44. The third-order valence-corrected chi connectivity index (χ3v) is 8.26. The summed E-state index contributed by atoms with van der Waals surface area (Å²) in [6.45, 7) is 4.13. The summed E-state index contributed by atoms with van der Waals surface area (Å²) in [5.74, 6) is -1.44. The van der Waals surface area contributed by atoms with E-state index in [9.17, 15) is 18.8 Å². The van der Waals surface area contributed by atoms with Gasteiger partial charge >= 0.3 is 0 Å². The zero-order chi connectivity index (χ0) is 34.0. The van der Waals surface area contributed by atoms with E-state index in [-0.39, 0.29) is 36.4 Å². The highest BCUT2D eigenvalue weighted by atomic mass is 19.1. The second kappa shape index (κ2) is 16.1. The number of rotatable bonds is 14. The first-order chi connectivity index (χ1) is 22.4. The molecule has 0 spiro atoms. The van der Waals surface area contributed by atoms with E-state index in [2.05, 4.69) is 5.32 Å². The number of nitrogens with two attached hydrogens (primary N) is 1. The van der Waals surface area contributed by atoms with Crippen LogP contribution in [-0.2, 0) is 33.6 Å². The van der Waals surface area contributed by atoms with Crippen molar-refractivity contribution in [3.05, 3.63) is 132 Å². The Bertz CT molecular complexity index is 1680. The zero-order valence-corrected chi connectivity index (χ0v) is 27.7. The number of halogens is 1. The number of fused-ring (bicyclic) bond motifs is 1. The molecule has 2 atom stereocenters. The van der Waals surface area contributed by atoms with Gasteiger partial charge in [-0.15, -0.1) is 0 Å². The number of likely N-dealkylation sites (N-methyl/N-ethyl adjacent to an activating group) is 2. The third kappa shape index (κ3) is 10.3. The van der Waals surface area contributed by atoms with Crippen LogP contribution in [0.2, 0.25) is 0 Å². The van der Waals surface area contributed by atoms with Crippen LogP contribution in [0.3, 0.4) is 0 Å². The molecule has 3 N–H and O–H groups in total. The molecule has 0 aliphatic heterocycles. The molecule has 0 heterocycles. The highest BCUT2D eigenvalue weighted by Crippen LogP contribution is 2.20. The molecule has 0 radical (unpaired) electrons. The monoisotopic (exact) mass is 636 g/mol. The van der Waals surface area contributed by atoms with Crippen LogP contribution in [0.4, 0.5) is 4.39 Å². The average Bonchev–Trinajstić information content (AvgIpc) is 3.05. The van der Waals surface area contributed by atoms with Gasteiger partial charge in [0.2, 0.25) is 17.7 Å². The molecule has 4 aromatic carbocycles. The highest BCUT2D eigenvalue weighted by molar-refractivity contribution is 5.95. The van der Waals surface area contributed by atoms with Crippen molar-refractivity contribution in [1.82, 2.24) is 15.1 Å². The van der Waals surface area contributed by atoms with Crippen LogP contribution in [0, 0.1) is 5.82 Å². The topological polar surface area (TPSA) is 95.7 Å². The largest absolute Gasteiger partial charge is 0.354 e. The maximum Gasteiger partial charge on any atom is 0.246 e. The fourth-order valence-electron chi connectivity index (χ4n) is 5.44. The highest BCUT2D eigenvalue weighted by Gasteiger charge is 2.35. The van der Waals surface area contributed by atoms with Crippen LogP contribution < -0.4 is 11.1 Å². The number of nitrogens with zero attached hydrogens (tertiary/aromatic N) is 2. The SMILES string of the molecule is CN(C(=O)C=CCC(C)(C)N)[C@H](Cc1ccc2ccccc2c1)C(=O)N(C)[C@H](Cc1ccc(F)cc1)C(=O)NCCc1ccccc1. The molecule has 0 fully saturated rings. The molecule has 0 aromatic heterocycles. The molecule has 0 saturated carbocycles. The first kappa shape index (κ1) is 35.0. The lowest BCUT2D eigenvalue weighted by molar-refractivity contribution is -0.146. The van der Waals surface area contributed by atoms with Crippen LogP contribution in [0.25, 0.3) is 10.8 Å². The predicted molar refractivity (Wildman–Crippen MR) is 186 cm³/mol. The van der Waals surface area contributed by atoms with E-state index in [4.69, 9.17) is 5.73 Å². The molecular weight excluding hydrogens is 591 g/mol. The Balaban J connectivity index is 1.62. The first-order valence-electron chi connectivity index (χ1n) is 15.9. The molecule has 0 bridgehead atoms. The summed E-state index contributed by atoms with van der Waals surface area (Å²) in [7, 11) is 3.19. The molecule has 0 unspecified atom stereocenters. The Morgan fingerprint density at radius 2 is 1.40 bits per heavy atom. The van der Waals surface area contributed by atoms with Gasteiger partial charge in [-0.05, 0) is 72.4 Å². The minimum absolute atomic E-state index is 0.172. The summed E-state index contributed by atoms with van der Waals surface area (Å²) in [4.78, 5) is 44.4. The van der Waals surface area contributed by atoms with Gasteiger partial charge in [0.15, 0.2) is 0 Å². The number of hydrogen-bond acceptors (Lipinski definition) is 4. The van der Waals surface area contributed by atoms with Crippen molar-refractivity contribution in [2.24, 2.45) is 5.73 Å². The van der Waals surface area contributed by atoms with Gasteiger partial charge in [0.25, 0.3) is 0 Å². The van der Waals surface area contributed by atoms with Gasteiger partial charge in [-0.2, -0.15) is 0 Å². The van der Waals surface area contributed by atoms with Crippen molar-refractivity contribution in [1.29, 1.82) is 0 Å². The van der Waals surface area contributed by atoms with Gasteiger partial charge in [0, 0.05) is 39.0 Å². The number of carbonyl (C=O) groups excluding carboxylic acids is 3. The Labute approximate surface area is 277 Å². The van der Waals surface area contributed by atoms with Crippen molar-refractivity contribution >= 4 is 28.5 Å². The molecule has 4 rings (SSSR count). The van der Waals surface area contributed by atoms with Crippen LogP contribution in [0.5, 0.6) is 0 Å². The van der Waals surface area contributed by atoms with E-state index in [0.29, 0.717) is 24.9 Å². The quantitative estimate of drug-likeness (QED) is 0.180. The smallest absolute Gasteiger partial charge is 0.246 e. The van der Waals surface area contributed by atoms with Crippen LogP contribution in [0.15, 0.2) is 109 Å². The van der Waals surface area contributed by atoms with Crippen LogP contribution in [-0.4, -0.2) is 65.8 Å². The Morgan fingerprint density at radius 1 is 0.787 bits per heavy atom. The van der Waals surface area contributed by atoms with Gasteiger partial charge < -0.3 is 20.9 Å². The summed E-state index contributed by atoms with van der Waals surface area (Å²) >= 11 is 0. The van der Waals surface area contributed by atoms with Gasteiger partial charge in [0.1, 0.15) is 17.9 Å². The number of nitrogens with one attached hydrogen (secondary N) is 1. The lowest BCUT2D eigenvalue weighted by atomic mass is 9.98. The normalized spacial score (nSPS) is 12.9. The summed E-state index contributed by atoms with van der Waals surface area (Å²) in [6, 6.07) is 27.8. The summed E-state index contributed by atoms with van der Waals surface area (Å²) in [6.07, 6.45) is 4.69. The van der Waals surface area contributed by atoms with Gasteiger partial charge in [-0.1, -0.05) is 91.0 Å². The van der Waals surface area contributed by atoms with Crippen molar-refractivity contribution in [2.75, 3.05) is 20.6 Å². The molecular formula is C39H45FN4O3. The Hall–Kier alpha value is -4.82. The molecule has 0 aliphatic carbocycles. The number of hydrogen-bond donors (Lipinski definition) is 2. The summed E-state index contributed by atoms with van der Waals surface area (Å²) < 4.78 is 13.7. The van der Waals surface area contributed by atoms with E-state index >= 15 is 0 Å². The predicted octanol–water partition coefficient (Wildman–Crippen LogP) is 5.46. The molecule has 8 heteroatoms. The van der Waals surface area contributed by atoms with Gasteiger partial charge in [-0.3, -0.25) is 14.4 Å². The Kier molecular flexibility index (Phi) is 12.0. The van der Waals surface area contributed by atoms with Crippen molar-refractivity contribution in [3.8, 4) is 0 Å². The molecule has 246 valence electrons. The molecule has 0 saturated heterocycles. The third-order valence-electron chi connectivity index (χ3n) is 8.26. The second-order valence-electron chi connectivity index (χ2n) is 12.8. The van der Waals surface area contributed by atoms with Gasteiger partial charge in [-0.25, -0.2) is 4.39 Å². The Morgan fingerprint density at radius 3 is 2.09 bits per heavy atom. The molecule has 4 aromatic rings. The minimum atomic E-state index is -0.906. The van der Waals surface area contributed by atoms with Crippen molar-refractivity contribution < 1.29 is 18.8 Å². The standard InChI is InChI=1S/C39H45FN4O3/c1-39(2,41)23-10-15-36(45)43(3)35(27-30-16-19-31-13-8-9-14-32(31)25-30)38(47)44(4)34(26-29-17-20-33(40)21-18-29)37(46)42-24-22-28-11-6-5-7-12-28/h5-21,25,34-35H,22-24,26-27,41H2,1-4H3,(H,42,46)/t34-,35-/m1/s1. The van der Waals surface area contributed by atoms with E-state index in [1.807, 2.05) is 86.6 Å². The number of carbonyl (C=O) groups is 3. The molecule has 47 heavy (non-hydrogen) atoms. The lowest BCUT2D eigenvalue weighted by Crippen LogP contribution is -2.56. The lowest BCUT2D eigenvalue weighted by Gasteiger charge is -2.34. The fraction of sp³-hybridized carbons (Fsp3) is 0.308. The maximum atomic E-state index is 14.4. The molecule has 0 aliphatic rings. The first-order valence-corrected chi connectivity index (χ1v) is 15.9. The van der Waals surface area contributed by atoms with Crippen LogP contribution >= 0.6 is 0 Å². The summed E-state index contributed by atoms with van der Waals surface area (Å²) in [5.41, 5.74) is 8.27. The van der Waals surface area contributed by atoms with E-state index in [1.165, 1.54) is 28.0 Å². The minimum Gasteiger partial charge on any atom is -0.354 e. The van der Waals surface area contributed by atoms with Crippen LogP contribution in [0.1, 0.15) is 37.0 Å².